The number of hydrogen-bond donors (Lipinski definition) is 2. The third-order valence-corrected chi connectivity index (χ3v) is 3.84. The molecule has 1 aromatic carbocycles. The molecule has 0 atom stereocenters. The molecule has 5 heteroatoms. The fourth-order valence-corrected chi connectivity index (χ4v) is 2.60. The van der Waals surface area contributed by atoms with Crippen LogP contribution in [0.25, 0.3) is 0 Å². The van der Waals surface area contributed by atoms with E-state index in [0.29, 0.717) is 18.6 Å². The third-order valence-electron chi connectivity index (χ3n) is 3.84. The summed E-state index contributed by atoms with van der Waals surface area (Å²) in [6, 6.07) is 4.23. The van der Waals surface area contributed by atoms with E-state index in [1.54, 1.807) is 0 Å². The van der Waals surface area contributed by atoms with Crippen LogP contribution in [0.5, 0.6) is 5.75 Å². The highest BCUT2D eigenvalue weighted by molar-refractivity contribution is 5.70. The van der Waals surface area contributed by atoms with Crippen molar-refractivity contribution in [3.8, 4) is 5.75 Å². The number of ether oxygens (including phenoxy) is 1. The van der Waals surface area contributed by atoms with Gasteiger partial charge < -0.3 is 14.9 Å². The standard InChI is InChI=1S/C14H17FO4/c1-19-10-2-3-12(15)11(8-10)14(18)6-4-9(5-7-14)13(16)17/h2-3,8-9,18H,4-7H2,1H3,(H,16,17)/t9-,14+. The van der Waals surface area contributed by atoms with Crippen molar-refractivity contribution in [2.45, 2.75) is 31.3 Å². The summed E-state index contributed by atoms with van der Waals surface area (Å²) in [4.78, 5) is 10.9. The molecule has 1 aromatic rings. The Balaban J connectivity index is 2.24. The van der Waals surface area contributed by atoms with Gasteiger partial charge in [-0.1, -0.05) is 0 Å². The lowest BCUT2D eigenvalue weighted by molar-refractivity contribution is -0.145. The molecule has 1 fully saturated rings. The van der Waals surface area contributed by atoms with Crippen LogP contribution in [0.2, 0.25) is 0 Å². The van der Waals surface area contributed by atoms with Gasteiger partial charge in [0.2, 0.25) is 0 Å². The van der Waals surface area contributed by atoms with Gasteiger partial charge in [0.15, 0.2) is 0 Å². The summed E-state index contributed by atoms with van der Waals surface area (Å²) < 4.78 is 18.9. The lowest BCUT2D eigenvalue weighted by Gasteiger charge is -2.35. The first-order chi connectivity index (χ1) is 8.96. The van der Waals surface area contributed by atoms with E-state index in [0.717, 1.165) is 0 Å². The number of rotatable bonds is 3. The molecule has 0 aromatic heterocycles. The number of benzene rings is 1. The molecule has 0 saturated heterocycles. The first-order valence-corrected chi connectivity index (χ1v) is 6.25. The van der Waals surface area contributed by atoms with Crippen LogP contribution >= 0.6 is 0 Å². The normalized spacial score (nSPS) is 27.0. The maximum Gasteiger partial charge on any atom is 0.306 e. The molecule has 0 aliphatic heterocycles. The first kappa shape index (κ1) is 13.8. The summed E-state index contributed by atoms with van der Waals surface area (Å²) in [5.41, 5.74) is -1.11. The number of hydrogen-bond acceptors (Lipinski definition) is 3. The van der Waals surface area contributed by atoms with E-state index in [2.05, 4.69) is 0 Å². The Kier molecular flexibility index (Phi) is 3.75. The maximum absolute atomic E-state index is 13.9. The molecule has 0 heterocycles. The fourth-order valence-electron chi connectivity index (χ4n) is 2.60. The largest absolute Gasteiger partial charge is 0.497 e. The van der Waals surface area contributed by atoms with E-state index in [1.165, 1.54) is 25.3 Å². The second kappa shape index (κ2) is 5.17. The van der Waals surface area contributed by atoms with Crippen molar-refractivity contribution < 1.29 is 24.1 Å². The van der Waals surface area contributed by atoms with Gasteiger partial charge in [0.1, 0.15) is 11.6 Å². The highest BCUT2D eigenvalue weighted by Crippen LogP contribution is 2.41. The van der Waals surface area contributed by atoms with Crippen LogP contribution in [0.15, 0.2) is 18.2 Å². The molecular weight excluding hydrogens is 251 g/mol. The lowest BCUT2D eigenvalue weighted by Crippen LogP contribution is -2.34. The minimum Gasteiger partial charge on any atom is -0.497 e. The van der Waals surface area contributed by atoms with Crippen molar-refractivity contribution in [1.29, 1.82) is 0 Å². The highest BCUT2D eigenvalue weighted by atomic mass is 19.1. The molecule has 1 aliphatic rings. The van der Waals surface area contributed by atoms with Crippen LogP contribution < -0.4 is 4.74 Å². The van der Waals surface area contributed by atoms with E-state index in [1.807, 2.05) is 0 Å². The SMILES string of the molecule is COc1ccc(F)c([C@]2(O)CC[C@@H](C(=O)O)CC2)c1. The second-order valence-corrected chi connectivity index (χ2v) is 4.99. The zero-order chi connectivity index (χ0) is 14.0. The van der Waals surface area contributed by atoms with Gasteiger partial charge in [0.25, 0.3) is 0 Å². The number of aliphatic carboxylic acids is 1. The van der Waals surface area contributed by atoms with Gasteiger partial charge in [-0.3, -0.25) is 4.79 Å². The molecule has 0 radical (unpaired) electrons. The van der Waals surface area contributed by atoms with Gasteiger partial charge in [-0.2, -0.15) is 0 Å². The zero-order valence-corrected chi connectivity index (χ0v) is 10.7. The Morgan fingerprint density at radius 2 is 2.05 bits per heavy atom. The van der Waals surface area contributed by atoms with Crippen LogP contribution in [0.1, 0.15) is 31.2 Å². The Labute approximate surface area is 110 Å². The summed E-state index contributed by atoms with van der Waals surface area (Å²) in [6.07, 6.45) is 1.19. The van der Waals surface area contributed by atoms with E-state index in [4.69, 9.17) is 9.84 Å². The summed E-state index contributed by atoms with van der Waals surface area (Å²) in [5.74, 6) is -1.32. The predicted octanol–water partition coefficient (Wildman–Crippen LogP) is 2.30. The van der Waals surface area contributed by atoms with Gasteiger partial charge in [0.05, 0.1) is 18.6 Å². The minimum atomic E-state index is -1.30. The second-order valence-electron chi connectivity index (χ2n) is 4.99. The number of carboxylic acid groups (broad SMARTS) is 1. The highest BCUT2D eigenvalue weighted by Gasteiger charge is 2.38. The number of methoxy groups -OCH3 is 1. The van der Waals surface area contributed by atoms with Gasteiger partial charge in [-0.15, -0.1) is 0 Å². The molecule has 2 N–H and O–H groups in total. The topological polar surface area (TPSA) is 66.8 Å². The van der Waals surface area contributed by atoms with Crippen molar-refractivity contribution in [1.82, 2.24) is 0 Å². The van der Waals surface area contributed by atoms with Crippen LogP contribution in [-0.2, 0) is 10.4 Å². The molecule has 1 aliphatic carbocycles. The Morgan fingerprint density at radius 3 is 2.58 bits per heavy atom. The number of carboxylic acids is 1. The number of carbonyl (C=O) groups is 1. The third kappa shape index (κ3) is 2.71. The van der Waals surface area contributed by atoms with Crippen molar-refractivity contribution >= 4 is 5.97 Å². The quantitative estimate of drug-likeness (QED) is 0.882. The predicted molar refractivity (Wildman–Crippen MR) is 66.4 cm³/mol. The van der Waals surface area contributed by atoms with Gasteiger partial charge in [0, 0.05) is 5.56 Å². The van der Waals surface area contributed by atoms with E-state index in [-0.39, 0.29) is 18.4 Å². The average Bonchev–Trinajstić information content (AvgIpc) is 2.39. The number of aliphatic hydroxyl groups is 1. The molecule has 0 amide bonds. The molecule has 19 heavy (non-hydrogen) atoms. The van der Waals surface area contributed by atoms with Gasteiger partial charge in [-0.05, 0) is 43.9 Å². The smallest absolute Gasteiger partial charge is 0.306 e. The molecule has 104 valence electrons. The molecule has 1 saturated carbocycles. The van der Waals surface area contributed by atoms with Crippen LogP contribution in [0.3, 0.4) is 0 Å². The van der Waals surface area contributed by atoms with Gasteiger partial charge >= 0.3 is 5.97 Å². The Bertz CT molecular complexity index is 478. The Hall–Kier alpha value is -1.62. The zero-order valence-electron chi connectivity index (χ0n) is 10.7. The average molecular weight is 268 g/mol. The van der Waals surface area contributed by atoms with E-state index < -0.39 is 23.3 Å². The van der Waals surface area contributed by atoms with Crippen LogP contribution in [0.4, 0.5) is 4.39 Å². The van der Waals surface area contributed by atoms with Gasteiger partial charge in [-0.25, -0.2) is 4.39 Å². The summed E-state index contributed by atoms with van der Waals surface area (Å²) >= 11 is 0. The van der Waals surface area contributed by atoms with Crippen molar-refractivity contribution in [3.63, 3.8) is 0 Å². The summed E-state index contributed by atoms with van der Waals surface area (Å²) in [6.45, 7) is 0. The minimum absolute atomic E-state index is 0.190. The van der Waals surface area contributed by atoms with E-state index in [9.17, 15) is 14.3 Å². The van der Waals surface area contributed by atoms with Crippen LogP contribution in [0, 0.1) is 11.7 Å². The molecule has 0 spiro atoms. The van der Waals surface area contributed by atoms with Crippen molar-refractivity contribution in [2.24, 2.45) is 5.92 Å². The van der Waals surface area contributed by atoms with Crippen molar-refractivity contribution in [2.75, 3.05) is 7.11 Å². The molecule has 2 rings (SSSR count). The molecule has 0 bridgehead atoms. The summed E-state index contributed by atoms with van der Waals surface area (Å²) in [5, 5.41) is 19.5. The summed E-state index contributed by atoms with van der Waals surface area (Å²) in [7, 11) is 1.47. The van der Waals surface area contributed by atoms with E-state index >= 15 is 0 Å². The van der Waals surface area contributed by atoms with Crippen LogP contribution in [-0.4, -0.2) is 23.3 Å². The Morgan fingerprint density at radius 1 is 1.42 bits per heavy atom. The molecule has 4 nitrogen and oxygen atoms in total. The van der Waals surface area contributed by atoms with Crippen molar-refractivity contribution in [3.05, 3.63) is 29.6 Å². The maximum atomic E-state index is 13.9. The fraction of sp³-hybridized carbons (Fsp3) is 0.500. The molecular formula is C14H17FO4. The first-order valence-electron chi connectivity index (χ1n) is 6.25. The molecule has 0 unspecified atom stereocenters. The lowest BCUT2D eigenvalue weighted by atomic mass is 9.75. The monoisotopic (exact) mass is 268 g/mol. The number of halogens is 1.